The third-order valence-corrected chi connectivity index (χ3v) is 6.53. The van der Waals surface area contributed by atoms with Crippen molar-refractivity contribution >= 4 is 17.5 Å². The molecule has 4 rings (SSSR count). The fourth-order valence-electron chi connectivity index (χ4n) is 4.22. The van der Waals surface area contributed by atoms with Crippen LogP contribution in [0.15, 0.2) is 65.2 Å². The second-order valence-corrected chi connectivity index (χ2v) is 9.17. The zero-order valence-electron chi connectivity index (χ0n) is 19.6. The Labute approximate surface area is 206 Å². The number of carbonyl (C=O) groups excluding carboxylic acids is 1. The summed E-state index contributed by atoms with van der Waals surface area (Å²) in [5.41, 5.74) is 2.19. The number of piperazine rings is 1. The van der Waals surface area contributed by atoms with Gasteiger partial charge in [0.15, 0.2) is 11.7 Å². The molecule has 2 aromatic carbocycles. The van der Waals surface area contributed by atoms with Crippen LogP contribution in [0.2, 0.25) is 5.02 Å². The third-order valence-electron chi connectivity index (χ3n) is 6.20. The van der Waals surface area contributed by atoms with Crippen LogP contribution in [0.5, 0.6) is 0 Å². The fourth-order valence-corrected chi connectivity index (χ4v) is 4.45. The molecule has 1 N–H and O–H groups in total. The van der Waals surface area contributed by atoms with E-state index in [2.05, 4.69) is 50.4 Å². The Balaban J connectivity index is 1.06. The summed E-state index contributed by atoms with van der Waals surface area (Å²) in [4.78, 5) is 21.5. The molecule has 1 aliphatic heterocycles. The van der Waals surface area contributed by atoms with Gasteiger partial charge >= 0.3 is 0 Å². The highest BCUT2D eigenvalue weighted by Crippen LogP contribution is 2.28. The standard InChI is InChI=1S/C27H33ClN4O2/c28-24-11-5-4-10-23(24)25-20-30-27(34-25)13-12-26(33)29-14-6-7-15-31-16-18-32(19-17-31)21-22-8-2-1-3-9-22/h1-5,8-11,20H,6-7,12-19,21H2,(H,29,33). The van der Waals surface area contributed by atoms with Crippen LogP contribution in [-0.2, 0) is 17.8 Å². The number of hydrogen-bond acceptors (Lipinski definition) is 5. The zero-order chi connectivity index (χ0) is 23.6. The molecule has 1 fully saturated rings. The highest BCUT2D eigenvalue weighted by Gasteiger charge is 2.16. The maximum absolute atomic E-state index is 12.2. The van der Waals surface area contributed by atoms with Gasteiger partial charge in [0, 0.05) is 57.7 Å². The molecule has 0 saturated carbocycles. The van der Waals surface area contributed by atoms with Crippen LogP contribution in [0, 0.1) is 0 Å². The molecule has 0 spiro atoms. The molecule has 3 aromatic rings. The number of nitrogens with zero attached hydrogens (tertiary/aromatic N) is 3. The topological polar surface area (TPSA) is 61.6 Å². The smallest absolute Gasteiger partial charge is 0.220 e. The normalized spacial score (nSPS) is 14.9. The minimum absolute atomic E-state index is 0.0343. The molecule has 7 heteroatoms. The van der Waals surface area contributed by atoms with Gasteiger partial charge in [-0.1, -0.05) is 54.1 Å². The lowest BCUT2D eigenvalue weighted by Crippen LogP contribution is -2.46. The quantitative estimate of drug-likeness (QED) is 0.405. The number of aromatic nitrogens is 1. The van der Waals surface area contributed by atoms with Gasteiger partial charge in [-0.3, -0.25) is 9.69 Å². The fraction of sp³-hybridized carbons (Fsp3) is 0.407. The summed E-state index contributed by atoms with van der Waals surface area (Å²) >= 11 is 6.21. The molecule has 0 radical (unpaired) electrons. The van der Waals surface area contributed by atoms with Crippen LogP contribution in [0.3, 0.4) is 0 Å². The van der Waals surface area contributed by atoms with E-state index >= 15 is 0 Å². The van der Waals surface area contributed by atoms with Gasteiger partial charge in [0.25, 0.3) is 0 Å². The van der Waals surface area contributed by atoms with Crippen LogP contribution in [0.25, 0.3) is 11.3 Å². The van der Waals surface area contributed by atoms with E-state index in [0.29, 0.717) is 36.1 Å². The second kappa shape index (κ2) is 12.7. The molecular weight excluding hydrogens is 448 g/mol. The van der Waals surface area contributed by atoms with Crippen LogP contribution in [0.1, 0.15) is 30.7 Å². The van der Waals surface area contributed by atoms with Crippen molar-refractivity contribution in [2.24, 2.45) is 0 Å². The van der Waals surface area contributed by atoms with Crippen molar-refractivity contribution in [2.75, 3.05) is 39.3 Å². The molecule has 0 unspecified atom stereocenters. The van der Waals surface area contributed by atoms with E-state index in [0.717, 1.165) is 57.7 Å². The Hall–Kier alpha value is -2.67. The maximum Gasteiger partial charge on any atom is 0.220 e. The number of hydrogen-bond donors (Lipinski definition) is 1. The van der Waals surface area contributed by atoms with Crippen molar-refractivity contribution in [3.8, 4) is 11.3 Å². The highest BCUT2D eigenvalue weighted by atomic mass is 35.5. The van der Waals surface area contributed by atoms with E-state index in [1.807, 2.05) is 24.3 Å². The molecule has 1 aliphatic rings. The predicted octanol–water partition coefficient (Wildman–Crippen LogP) is 4.64. The molecule has 0 aliphatic carbocycles. The van der Waals surface area contributed by atoms with Crippen molar-refractivity contribution in [1.82, 2.24) is 20.1 Å². The molecular formula is C27H33ClN4O2. The summed E-state index contributed by atoms with van der Waals surface area (Å²) in [6.45, 7) is 7.31. The van der Waals surface area contributed by atoms with Crippen LogP contribution in [0.4, 0.5) is 0 Å². The van der Waals surface area contributed by atoms with Crippen molar-refractivity contribution < 1.29 is 9.21 Å². The van der Waals surface area contributed by atoms with Crippen LogP contribution >= 0.6 is 11.6 Å². The predicted molar refractivity (Wildman–Crippen MR) is 136 cm³/mol. The summed E-state index contributed by atoms with van der Waals surface area (Å²) in [6, 6.07) is 18.2. The average molecular weight is 481 g/mol. The molecule has 0 bridgehead atoms. The van der Waals surface area contributed by atoms with Gasteiger partial charge in [0.05, 0.1) is 11.2 Å². The second-order valence-electron chi connectivity index (χ2n) is 8.76. The van der Waals surface area contributed by atoms with E-state index in [-0.39, 0.29) is 5.91 Å². The molecule has 2 heterocycles. The lowest BCUT2D eigenvalue weighted by molar-refractivity contribution is -0.121. The summed E-state index contributed by atoms with van der Waals surface area (Å²) in [5, 5.41) is 3.64. The number of rotatable bonds is 11. The molecule has 180 valence electrons. The molecule has 0 atom stereocenters. The lowest BCUT2D eigenvalue weighted by Gasteiger charge is -2.34. The van der Waals surface area contributed by atoms with Gasteiger partial charge in [-0.05, 0) is 37.1 Å². The van der Waals surface area contributed by atoms with Crippen molar-refractivity contribution in [1.29, 1.82) is 0 Å². The summed E-state index contributed by atoms with van der Waals surface area (Å²) in [5.74, 6) is 1.21. The Morgan fingerprint density at radius 2 is 1.71 bits per heavy atom. The number of unbranched alkanes of at least 4 members (excludes halogenated alkanes) is 1. The van der Waals surface area contributed by atoms with Crippen LogP contribution < -0.4 is 5.32 Å². The Morgan fingerprint density at radius 3 is 2.50 bits per heavy atom. The first kappa shape index (κ1) is 24.5. The largest absolute Gasteiger partial charge is 0.441 e. The highest BCUT2D eigenvalue weighted by molar-refractivity contribution is 6.33. The minimum Gasteiger partial charge on any atom is -0.441 e. The van der Waals surface area contributed by atoms with Gasteiger partial charge in [-0.2, -0.15) is 0 Å². The summed E-state index contributed by atoms with van der Waals surface area (Å²) in [7, 11) is 0. The SMILES string of the molecule is O=C(CCc1ncc(-c2ccccc2Cl)o1)NCCCCN1CCN(Cc2ccccc2)CC1. The van der Waals surface area contributed by atoms with Crippen LogP contribution in [-0.4, -0.2) is 60.0 Å². The van der Waals surface area contributed by atoms with Gasteiger partial charge in [0.1, 0.15) is 0 Å². The molecule has 1 aromatic heterocycles. The summed E-state index contributed by atoms with van der Waals surface area (Å²) < 4.78 is 5.77. The number of amides is 1. The van der Waals surface area contributed by atoms with Gasteiger partial charge < -0.3 is 14.6 Å². The Kier molecular flexibility index (Phi) is 9.13. The number of halogens is 1. The number of benzene rings is 2. The zero-order valence-corrected chi connectivity index (χ0v) is 20.3. The first-order valence-corrected chi connectivity index (χ1v) is 12.5. The number of carbonyl (C=O) groups is 1. The van der Waals surface area contributed by atoms with E-state index < -0.39 is 0 Å². The van der Waals surface area contributed by atoms with E-state index in [4.69, 9.17) is 16.0 Å². The number of oxazole rings is 1. The van der Waals surface area contributed by atoms with E-state index in [1.54, 1.807) is 6.20 Å². The van der Waals surface area contributed by atoms with Crippen molar-refractivity contribution in [3.63, 3.8) is 0 Å². The van der Waals surface area contributed by atoms with Crippen molar-refractivity contribution in [3.05, 3.63) is 77.3 Å². The molecule has 34 heavy (non-hydrogen) atoms. The average Bonchev–Trinajstić information content (AvgIpc) is 3.33. The summed E-state index contributed by atoms with van der Waals surface area (Å²) in [6.07, 6.45) is 4.59. The first-order chi connectivity index (χ1) is 16.7. The number of aryl methyl sites for hydroxylation is 1. The van der Waals surface area contributed by atoms with Gasteiger partial charge in [-0.15, -0.1) is 0 Å². The van der Waals surface area contributed by atoms with Gasteiger partial charge in [0.2, 0.25) is 5.91 Å². The number of nitrogens with one attached hydrogen (secondary N) is 1. The molecule has 6 nitrogen and oxygen atoms in total. The third kappa shape index (κ3) is 7.42. The van der Waals surface area contributed by atoms with E-state index in [9.17, 15) is 4.79 Å². The lowest BCUT2D eigenvalue weighted by atomic mass is 10.2. The Bertz CT molecular complexity index is 1030. The van der Waals surface area contributed by atoms with E-state index in [1.165, 1.54) is 5.56 Å². The molecule has 1 saturated heterocycles. The van der Waals surface area contributed by atoms with Crippen molar-refractivity contribution in [2.45, 2.75) is 32.2 Å². The Morgan fingerprint density at radius 1 is 0.971 bits per heavy atom. The minimum atomic E-state index is 0.0343. The molecule has 1 amide bonds. The maximum atomic E-state index is 12.2. The first-order valence-electron chi connectivity index (χ1n) is 12.1. The monoisotopic (exact) mass is 480 g/mol. The van der Waals surface area contributed by atoms with Gasteiger partial charge in [-0.25, -0.2) is 4.98 Å².